The molecule has 2 aromatic carbocycles. The molecule has 1 amide bonds. The van der Waals surface area contributed by atoms with Crippen molar-refractivity contribution in [3.8, 4) is 5.69 Å². The lowest BCUT2D eigenvalue weighted by atomic mass is 10.0. The number of hydrogen-bond donors (Lipinski definition) is 0. The topological polar surface area (TPSA) is 47.4 Å². The number of likely N-dealkylation sites (tertiary alicyclic amines) is 1. The van der Waals surface area contributed by atoms with Crippen LogP contribution in [-0.4, -0.2) is 40.3 Å². The number of carbonyl (C=O) groups excluding carboxylic acids is 1. The van der Waals surface area contributed by atoms with E-state index in [9.17, 15) is 9.18 Å². The summed E-state index contributed by atoms with van der Waals surface area (Å²) in [6.45, 7) is 2.05. The highest BCUT2D eigenvalue weighted by Crippen LogP contribution is 2.35. The average Bonchev–Trinajstić information content (AvgIpc) is 3.01. The van der Waals surface area contributed by atoms with Gasteiger partial charge in [0.05, 0.1) is 29.6 Å². The van der Waals surface area contributed by atoms with E-state index in [0.29, 0.717) is 28.0 Å². The number of nitrogens with zero attached hydrogens (tertiary/aromatic N) is 3. The zero-order valence-corrected chi connectivity index (χ0v) is 20.1. The van der Waals surface area contributed by atoms with E-state index < -0.39 is 0 Å². The minimum atomic E-state index is -0.300. The van der Waals surface area contributed by atoms with Crippen LogP contribution in [0.25, 0.3) is 17.3 Å². The molecule has 0 spiro atoms. The number of amides is 1. The molecule has 176 valence electrons. The number of aromatic nitrogens is 2. The average molecular weight is 500 g/mol. The zero-order chi connectivity index (χ0) is 23.7. The Morgan fingerprint density at radius 1 is 1.00 bits per heavy atom. The molecule has 0 N–H and O–H groups in total. The highest BCUT2D eigenvalue weighted by atomic mass is 35.5. The summed E-state index contributed by atoms with van der Waals surface area (Å²) in [4.78, 5) is 15.5. The van der Waals surface area contributed by atoms with E-state index in [1.165, 1.54) is 12.1 Å². The van der Waals surface area contributed by atoms with Crippen molar-refractivity contribution in [2.24, 2.45) is 0 Å². The van der Waals surface area contributed by atoms with Gasteiger partial charge in [0.2, 0.25) is 0 Å². The van der Waals surface area contributed by atoms with Gasteiger partial charge in [-0.3, -0.25) is 4.79 Å². The van der Waals surface area contributed by atoms with E-state index in [4.69, 9.17) is 33.0 Å². The molecule has 0 bridgehead atoms. The summed E-state index contributed by atoms with van der Waals surface area (Å²) in [6.07, 6.45) is 6.17. The first-order valence-corrected chi connectivity index (χ1v) is 12.2. The minimum Gasteiger partial charge on any atom is -0.372 e. The van der Waals surface area contributed by atoms with Crippen LogP contribution < -0.4 is 0 Å². The first-order valence-electron chi connectivity index (χ1n) is 11.4. The van der Waals surface area contributed by atoms with Crippen molar-refractivity contribution in [2.45, 2.75) is 32.3 Å². The van der Waals surface area contributed by atoms with Gasteiger partial charge in [-0.2, -0.15) is 5.10 Å². The molecule has 34 heavy (non-hydrogen) atoms. The number of fused-ring (bicyclic) bond motifs is 1. The Morgan fingerprint density at radius 3 is 2.44 bits per heavy atom. The monoisotopic (exact) mass is 499 g/mol. The van der Waals surface area contributed by atoms with Gasteiger partial charge in [0.15, 0.2) is 5.69 Å². The Bertz CT molecular complexity index is 1250. The summed E-state index contributed by atoms with van der Waals surface area (Å²) < 4.78 is 21.0. The summed E-state index contributed by atoms with van der Waals surface area (Å²) in [5.41, 5.74) is 4.18. The van der Waals surface area contributed by atoms with Crippen LogP contribution in [0.3, 0.4) is 0 Å². The largest absolute Gasteiger partial charge is 0.372 e. The van der Waals surface area contributed by atoms with Crippen LogP contribution in [0.5, 0.6) is 0 Å². The lowest BCUT2D eigenvalue weighted by molar-refractivity contribution is 0.0748. The predicted molar refractivity (Wildman–Crippen MR) is 132 cm³/mol. The van der Waals surface area contributed by atoms with Gasteiger partial charge in [0.25, 0.3) is 5.91 Å². The lowest BCUT2D eigenvalue weighted by Gasteiger charge is -2.21. The quantitative estimate of drug-likeness (QED) is 0.418. The third-order valence-corrected chi connectivity index (χ3v) is 6.77. The van der Waals surface area contributed by atoms with Gasteiger partial charge in [-0.05, 0) is 54.8 Å². The van der Waals surface area contributed by atoms with Crippen LogP contribution in [0.1, 0.15) is 53.0 Å². The Morgan fingerprint density at radius 2 is 1.74 bits per heavy atom. The second-order valence-electron chi connectivity index (χ2n) is 8.60. The standard InChI is InChI=1S/C26H24Cl2FN3O2/c27-19-7-10-23(22(28)14-19)32-25-18(13-17-5-8-20(29)9-6-17)15-34-16-21(25)24(30-32)26(33)31-11-3-1-2-4-12-31/h5-10,13-14H,1-4,11-12,15-16H2/b18-13-. The molecule has 2 aliphatic heterocycles. The molecule has 0 radical (unpaired) electrons. The van der Waals surface area contributed by atoms with Gasteiger partial charge < -0.3 is 9.64 Å². The lowest BCUT2D eigenvalue weighted by Crippen LogP contribution is -2.33. The molecule has 1 aromatic heterocycles. The van der Waals surface area contributed by atoms with Crippen LogP contribution in [0.2, 0.25) is 10.0 Å². The molecule has 3 heterocycles. The fourth-order valence-corrected chi connectivity index (χ4v) is 5.03. The molecule has 5 rings (SSSR count). The molecule has 1 fully saturated rings. The van der Waals surface area contributed by atoms with Crippen molar-refractivity contribution in [1.29, 1.82) is 0 Å². The van der Waals surface area contributed by atoms with Gasteiger partial charge in [-0.15, -0.1) is 0 Å². The normalized spacial score (nSPS) is 17.5. The number of benzene rings is 2. The maximum absolute atomic E-state index is 13.6. The Kier molecular flexibility index (Phi) is 6.73. The van der Waals surface area contributed by atoms with E-state index in [0.717, 1.165) is 61.2 Å². The molecular formula is C26H24Cl2FN3O2. The maximum Gasteiger partial charge on any atom is 0.274 e. The van der Waals surface area contributed by atoms with E-state index >= 15 is 0 Å². The summed E-state index contributed by atoms with van der Waals surface area (Å²) in [7, 11) is 0. The first kappa shape index (κ1) is 23.1. The third-order valence-electron chi connectivity index (χ3n) is 6.24. The SMILES string of the molecule is O=C(c1nn(-c2ccc(Cl)cc2Cl)c2c1COC/C2=C/c1ccc(F)cc1)N1CCCCCC1. The van der Waals surface area contributed by atoms with E-state index in [1.807, 2.05) is 11.0 Å². The molecule has 8 heteroatoms. The molecule has 0 saturated carbocycles. The summed E-state index contributed by atoms with van der Waals surface area (Å²) in [6, 6.07) is 11.4. The van der Waals surface area contributed by atoms with Crippen LogP contribution in [0.15, 0.2) is 42.5 Å². The van der Waals surface area contributed by atoms with E-state index in [2.05, 4.69) is 0 Å². The van der Waals surface area contributed by atoms with Gasteiger partial charge in [-0.1, -0.05) is 48.2 Å². The van der Waals surface area contributed by atoms with E-state index in [1.54, 1.807) is 35.0 Å². The van der Waals surface area contributed by atoms with Gasteiger partial charge in [-0.25, -0.2) is 9.07 Å². The molecular weight excluding hydrogens is 476 g/mol. The first-order chi connectivity index (χ1) is 16.5. The number of rotatable bonds is 3. The smallest absolute Gasteiger partial charge is 0.274 e. The molecule has 3 aromatic rings. The van der Waals surface area contributed by atoms with Crippen LogP contribution in [0.4, 0.5) is 4.39 Å². The van der Waals surface area contributed by atoms with Gasteiger partial charge in [0.1, 0.15) is 5.82 Å². The number of ether oxygens (including phenoxy) is 1. The summed E-state index contributed by atoms with van der Waals surface area (Å²) >= 11 is 12.7. The van der Waals surface area contributed by atoms with Gasteiger partial charge in [0, 0.05) is 29.2 Å². The van der Waals surface area contributed by atoms with Crippen molar-refractivity contribution in [3.63, 3.8) is 0 Å². The second kappa shape index (κ2) is 9.90. The van der Waals surface area contributed by atoms with Crippen molar-refractivity contribution >= 4 is 40.8 Å². The molecule has 0 unspecified atom stereocenters. The van der Waals surface area contributed by atoms with E-state index in [-0.39, 0.29) is 18.3 Å². The minimum absolute atomic E-state index is 0.0892. The van der Waals surface area contributed by atoms with Crippen LogP contribution >= 0.6 is 23.2 Å². The van der Waals surface area contributed by atoms with Crippen LogP contribution in [-0.2, 0) is 11.3 Å². The summed E-state index contributed by atoms with van der Waals surface area (Å²) in [5, 5.41) is 5.73. The maximum atomic E-state index is 13.6. The summed E-state index contributed by atoms with van der Waals surface area (Å²) in [5.74, 6) is -0.389. The van der Waals surface area contributed by atoms with Crippen molar-refractivity contribution in [1.82, 2.24) is 14.7 Å². The van der Waals surface area contributed by atoms with Gasteiger partial charge >= 0.3 is 0 Å². The van der Waals surface area contributed by atoms with Crippen LogP contribution in [0, 0.1) is 5.82 Å². The molecule has 0 aliphatic carbocycles. The Balaban J connectivity index is 1.66. The predicted octanol–water partition coefficient (Wildman–Crippen LogP) is 6.41. The fraction of sp³-hybridized carbons (Fsp3) is 0.308. The second-order valence-corrected chi connectivity index (χ2v) is 9.45. The number of hydrogen-bond acceptors (Lipinski definition) is 3. The molecule has 1 saturated heterocycles. The fourth-order valence-electron chi connectivity index (χ4n) is 4.54. The highest BCUT2D eigenvalue weighted by molar-refractivity contribution is 6.35. The Hall–Kier alpha value is -2.67. The Labute approximate surface area is 207 Å². The molecule has 0 atom stereocenters. The molecule has 2 aliphatic rings. The molecule has 5 nitrogen and oxygen atoms in total. The van der Waals surface area contributed by atoms with Crippen molar-refractivity contribution < 1.29 is 13.9 Å². The number of halogens is 3. The van der Waals surface area contributed by atoms with Crippen molar-refractivity contribution in [2.75, 3.05) is 19.7 Å². The van der Waals surface area contributed by atoms with Crippen molar-refractivity contribution in [3.05, 3.63) is 80.8 Å². The number of carbonyl (C=O) groups is 1. The third kappa shape index (κ3) is 4.63. The highest BCUT2D eigenvalue weighted by Gasteiger charge is 2.32. The zero-order valence-electron chi connectivity index (χ0n) is 18.6.